The van der Waals surface area contributed by atoms with E-state index in [2.05, 4.69) is 29.1 Å². The van der Waals surface area contributed by atoms with Crippen molar-refractivity contribution >= 4 is 5.91 Å². The summed E-state index contributed by atoms with van der Waals surface area (Å²) < 4.78 is 11.0. The predicted octanol–water partition coefficient (Wildman–Crippen LogP) is 2.19. The van der Waals surface area contributed by atoms with Gasteiger partial charge in [0, 0.05) is 18.7 Å². The van der Waals surface area contributed by atoms with E-state index in [1.807, 2.05) is 0 Å². The molecule has 0 saturated heterocycles. The van der Waals surface area contributed by atoms with Crippen molar-refractivity contribution < 1.29 is 14.3 Å². The zero-order valence-corrected chi connectivity index (χ0v) is 16.4. The third kappa shape index (κ3) is 5.31. The molecule has 0 aromatic carbocycles. The van der Waals surface area contributed by atoms with E-state index in [-0.39, 0.29) is 18.4 Å². The Balaban J connectivity index is 1.50. The standard InChI is InChI=1S/C20H31N3O4/c1-3-13-7-14(4-2)9-15(8-13)10-21-18(24)12-27-19-16-11-26-6-5-17(16)22-20(25)23-19/h13-15H,3-12H2,1-2H3,(H,21,24)(H,22,23,25). The molecule has 2 heterocycles. The summed E-state index contributed by atoms with van der Waals surface area (Å²) in [5, 5.41) is 3.00. The van der Waals surface area contributed by atoms with Gasteiger partial charge in [-0.05, 0) is 37.0 Å². The number of carbonyl (C=O) groups excluding carboxylic acids is 1. The summed E-state index contributed by atoms with van der Waals surface area (Å²) in [6.45, 7) is 5.97. The van der Waals surface area contributed by atoms with Crippen LogP contribution >= 0.6 is 0 Å². The van der Waals surface area contributed by atoms with Crippen LogP contribution in [0, 0.1) is 17.8 Å². The van der Waals surface area contributed by atoms with Crippen LogP contribution in [-0.4, -0.2) is 35.6 Å². The maximum atomic E-state index is 12.2. The van der Waals surface area contributed by atoms with E-state index in [0.29, 0.717) is 32.1 Å². The molecule has 150 valence electrons. The van der Waals surface area contributed by atoms with Gasteiger partial charge in [0.15, 0.2) is 6.61 Å². The Labute approximate surface area is 160 Å². The van der Waals surface area contributed by atoms with Gasteiger partial charge >= 0.3 is 5.69 Å². The zero-order valence-electron chi connectivity index (χ0n) is 16.4. The van der Waals surface area contributed by atoms with Crippen molar-refractivity contribution in [2.24, 2.45) is 17.8 Å². The molecule has 1 aromatic heterocycles. The highest BCUT2D eigenvalue weighted by Gasteiger charge is 2.27. The van der Waals surface area contributed by atoms with Crippen LogP contribution in [0.3, 0.4) is 0 Å². The average molecular weight is 377 g/mol. The largest absolute Gasteiger partial charge is 0.467 e. The summed E-state index contributed by atoms with van der Waals surface area (Å²) in [4.78, 5) is 30.5. The summed E-state index contributed by atoms with van der Waals surface area (Å²) in [5.74, 6) is 2.12. The Morgan fingerprint density at radius 3 is 2.63 bits per heavy atom. The first-order valence-electron chi connectivity index (χ1n) is 10.2. The van der Waals surface area contributed by atoms with Crippen LogP contribution in [0.2, 0.25) is 0 Å². The summed E-state index contributed by atoms with van der Waals surface area (Å²) >= 11 is 0. The highest BCUT2D eigenvalue weighted by atomic mass is 16.5. The highest BCUT2D eigenvalue weighted by molar-refractivity contribution is 5.77. The van der Waals surface area contributed by atoms with Crippen molar-refractivity contribution in [3.05, 3.63) is 21.7 Å². The number of H-pyrrole nitrogens is 1. The molecule has 1 amide bonds. The quantitative estimate of drug-likeness (QED) is 0.760. The molecule has 3 rings (SSSR count). The van der Waals surface area contributed by atoms with E-state index in [1.165, 1.54) is 32.1 Å². The molecule has 1 aliphatic carbocycles. The van der Waals surface area contributed by atoms with Gasteiger partial charge in [0.2, 0.25) is 5.88 Å². The molecule has 0 radical (unpaired) electrons. The van der Waals surface area contributed by atoms with Gasteiger partial charge in [0.1, 0.15) is 0 Å². The normalized spacial score (nSPS) is 24.9. The lowest BCUT2D eigenvalue weighted by molar-refractivity contribution is -0.123. The van der Waals surface area contributed by atoms with E-state index < -0.39 is 5.69 Å². The van der Waals surface area contributed by atoms with Crippen LogP contribution in [0.15, 0.2) is 4.79 Å². The molecule has 7 nitrogen and oxygen atoms in total. The van der Waals surface area contributed by atoms with E-state index in [9.17, 15) is 9.59 Å². The van der Waals surface area contributed by atoms with Gasteiger partial charge in [-0.15, -0.1) is 0 Å². The number of ether oxygens (including phenoxy) is 2. The number of carbonyl (C=O) groups is 1. The van der Waals surface area contributed by atoms with Crippen LogP contribution < -0.4 is 15.7 Å². The SMILES string of the molecule is CCC1CC(CC)CC(CNC(=O)COc2nc(=O)[nH]c3c2COCC3)C1. The number of hydrogen-bond acceptors (Lipinski definition) is 5. The van der Waals surface area contributed by atoms with E-state index in [0.717, 1.165) is 23.1 Å². The molecular weight excluding hydrogens is 346 g/mol. The van der Waals surface area contributed by atoms with Gasteiger partial charge in [-0.25, -0.2) is 4.79 Å². The minimum atomic E-state index is -0.454. The Hall–Kier alpha value is -1.89. The summed E-state index contributed by atoms with van der Waals surface area (Å²) in [5.41, 5.74) is 1.07. The lowest BCUT2D eigenvalue weighted by Crippen LogP contribution is -2.36. The second-order valence-electron chi connectivity index (χ2n) is 7.82. The number of hydrogen-bond donors (Lipinski definition) is 2. The lowest BCUT2D eigenvalue weighted by atomic mass is 9.73. The van der Waals surface area contributed by atoms with Crippen molar-refractivity contribution in [1.29, 1.82) is 0 Å². The van der Waals surface area contributed by atoms with Crippen LogP contribution in [0.5, 0.6) is 5.88 Å². The summed E-state index contributed by atoms with van der Waals surface area (Å²) in [6, 6.07) is 0. The molecule has 2 atom stereocenters. The molecule has 2 unspecified atom stereocenters. The Bertz CT molecular complexity index is 691. The molecule has 0 spiro atoms. The molecule has 1 fully saturated rings. The number of aromatic nitrogens is 2. The number of aromatic amines is 1. The van der Waals surface area contributed by atoms with Crippen molar-refractivity contribution in [2.75, 3.05) is 19.8 Å². The monoisotopic (exact) mass is 377 g/mol. The lowest BCUT2D eigenvalue weighted by Gasteiger charge is -2.34. The van der Waals surface area contributed by atoms with E-state index in [4.69, 9.17) is 9.47 Å². The second kappa shape index (κ2) is 9.35. The van der Waals surface area contributed by atoms with Gasteiger partial charge in [0.05, 0.1) is 18.8 Å². The fourth-order valence-corrected chi connectivity index (χ4v) is 4.33. The molecule has 2 aliphatic rings. The third-order valence-electron chi connectivity index (χ3n) is 5.91. The van der Waals surface area contributed by atoms with Gasteiger partial charge in [-0.3, -0.25) is 4.79 Å². The number of amides is 1. The topological polar surface area (TPSA) is 93.3 Å². The molecule has 0 bridgehead atoms. The number of nitrogens with one attached hydrogen (secondary N) is 2. The molecular formula is C20H31N3O4. The average Bonchev–Trinajstić information content (AvgIpc) is 2.69. The minimum absolute atomic E-state index is 0.135. The number of fused-ring (bicyclic) bond motifs is 1. The molecule has 1 aromatic rings. The van der Waals surface area contributed by atoms with Crippen LogP contribution in [0.25, 0.3) is 0 Å². The van der Waals surface area contributed by atoms with Crippen molar-refractivity contribution in [3.8, 4) is 5.88 Å². The second-order valence-corrected chi connectivity index (χ2v) is 7.82. The fraction of sp³-hybridized carbons (Fsp3) is 0.750. The Kier molecular flexibility index (Phi) is 6.88. The summed E-state index contributed by atoms with van der Waals surface area (Å²) in [6.07, 6.45) is 6.75. The molecule has 1 saturated carbocycles. The molecule has 7 heteroatoms. The van der Waals surface area contributed by atoms with Crippen LogP contribution in [0.1, 0.15) is 57.2 Å². The van der Waals surface area contributed by atoms with Crippen LogP contribution in [0.4, 0.5) is 0 Å². The van der Waals surface area contributed by atoms with Gasteiger partial charge in [0.25, 0.3) is 5.91 Å². The zero-order chi connectivity index (χ0) is 19.2. The summed E-state index contributed by atoms with van der Waals surface area (Å²) in [7, 11) is 0. The van der Waals surface area contributed by atoms with Gasteiger partial charge in [-0.2, -0.15) is 4.98 Å². The minimum Gasteiger partial charge on any atom is -0.467 e. The number of nitrogens with zero attached hydrogens (tertiary/aromatic N) is 1. The number of rotatable bonds is 7. The van der Waals surface area contributed by atoms with Crippen molar-refractivity contribution in [3.63, 3.8) is 0 Å². The third-order valence-corrected chi connectivity index (χ3v) is 5.91. The molecule has 1 aliphatic heterocycles. The van der Waals surface area contributed by atoms with Crippen LogP contribution in [-0.2, 0) is 22.6 Å². The first kappa shape index (κ1) is 19.9. The first-order chi connectivity index (χ1) is 13.1. The fourth-order valence-electron chi connectivity index (χ4n) is 4.33. The molecule has 27 heavy (non-hydrogen) atoms. The maximum Gasteiger partial charge on any atom is 0.348 e. The van der Waals surface area contributed by atoms with Gasteiger partial charge < -0.3 is 19.8 Å². The first-order valence-corrected chi connectivity index (χ1v) is 10.2. The highest BCUT2D eigenvalue weighted by Crippen LogP contribution is 2.36. The molecule has 2 N–H and O–H groups in total. The Morgan fingerprint density at radius 1 is 1.22 bits per heavy atom. The van der Waals surface area contributed by atoms with Gasteiger partial charge in [-0.1, -0.05) is 26.7 Å². The maximum absolute atomic E-state index is 12.2. The predicted molar refractivity (Wildman–Crippen MR) is 102 cm³/mol. The Morgan fingerprint density at radius 2 is 1.93 bits per heavy atom. The van der Waals surface area contributed by atoms with Crippen molar-refractivity contribution in [1.82, 2.24) is 15.3 Å². The van der Waals surface area contributed by atoms with E-state index in [1.54, 1.807) is 0 Å². The van der Waals surface area contributed by atoms with Crippen molar-refractivity contribution in [2.45, 2.75) is 59.0 Å². The smallest absolute Gasteiger partial charge is 0.348 e. The van der Waals surface area contributed by atoms with E-state index >= 15 is 0 Å².